The first-order valence-electron chi connectivity index (χ1n) is 8.04. The highest BCUT2D eigenvalue weighted by Crippen LogP contribution is 2.27. The van der Waals surface area contributed by atoms with Gasteiger partial charge in [-0.15, -0.1) is 0 Å². The van der Waals surface area contributed by atoms with Crippen molar-refractivity contribution < 1.29 is 9.90 Å². The van der Waals surface area contributed by atoms with Crippen molar-refractivity contribution in [3.8, 4) is 0 Å². The number of likely N-dealkylation sites (tertiary alicyclic amines) is 1. The molecule has 0 aromatic carbocycles. The van der Waals surface area contributed by atoms with Crippen molar-refractivity contribution in [3.05, 3.63) is 18.5 Å². The van der Waals surface area contributed by atoms with E-state index in [2.05, 4.69) is 17.2 Å². The van der Waals surface area contributed by atoms with Crippen LogP contribution in [0, 0.1) is 5.92 Å². The highest BCUT2D eigenvalue weighted by atomic mass is 16.4. The fourth-order valence-corrected chi connectivity index (χ4v) is 3.11. The standard InChI is InChI=1S/C16H26N4O2/c1-2-3-4-13-9-12(6-8-20(13)16(21)22)10-19-15-5-7-18-11-14(15)17/h5,7,11-13H,2-4,6,8-10,17H2,1H3,(H,18,19)(H,21,22). The molecule has 1 aliphatic heterocycles. The molecule has 1 fully saturated rings. The van der Waals surface area contributed by atoms with Crippen LogP contribution in [0.25, 0.3) is 0 Å². The van der Waals surface area contributed by atoms with Crippen molar-refractivity contribution in [3.63, 3.8) is 0 Å². The first kappa shape index (κ1) is 16.4. The van der Waals surface area contributed by atoms with Crippen molar-refractivity contribution in [2.75, 3.05) is 24.1 Å². The van der Waals surface area contributed by atoms with Crippen molar-refractivity contribution >= 4 is 17.5 Å². The molecule has 0 bridgehead atoms. The van der Waals surface area contributed by atoms with Gasteiger partial charge in [-0.05, 0) is 31.2 Å². The molecule has 4 N–H and O–H groups in total. The maximum atomic E-state index is 11.3. The van der Waals surface area contributed by atoms with Crippen molar-refractivity contribution in [2.45, 2.75) is 45.1 Å². The Morgan fingerprint density at radius 1 is 1.59 bits per heavy atom. The Bertz CT molecular complexity index is 495. The lowest BCUT2D eigenvalue weighted by Crippen LogP contribution is -2.46. The quantitative estimate of drug-likeness (QED) is 0.751. The molecule has 0 saturated carbocycles. The van der Waals surface area contributed by atoms with E-state index in [0.29, 0.717) is 18.2 Å². The van der Waals surface area contributed by atoms with Crippen LogP contribution in [0.1, 0.15) is 39.0 Å². The Balaban J connectivity index is 1.90. The Morgan fingerprint density at radius 2 is 2.41 bits per heavy atom. The normalized spacial score (nSPS) is 21.6. The zero-order chi connectivity index (χ0) is 15.9. The monoisotopic (exact) mass is 306 g/mol. The number of nitrogens with two attached hydrogens (primary N) is 1. The molecule has 0 spiro atoms. The Kier molecular flexibility index (Phi) is 5.86. The van der Waals surface area contributed by atoms with Crippen LogP contribution in [0.4, 0.5) is 16.2 Å². The number of carbonyl (C=O) groups is 1. The molecule has 0 radical (unpaired) electrons. The van der Waals surface area contributed by atoms with Crippen molar-refractivity contribution in [1.29, 1.82) is 0 Å². The third-order valence-corrected chi connectivity index (χ3v) is 4.39. The van der Waals surface area contributed by atoms with Crippen LogP contribution in [0.5, 0.6) is 0 Å². The predicted octanol–water partition coefficient (Wildman–Crippen LogP) is 3.02. The van der Waals surface area contributed by atoms with E-state index in [1.807, 2.05) is 6.07 Å². The number of pyridine rings is 1. The van der Waals surface area contributed by atoms with Gasteiger partial charge in [-0.25, -0.2) is 4.79 Å². The zero-order valence-corrected chi connectivity index (χ0v) is 13.2. The van der Waals surface area contributed by atoms with E-state index in [0.717, 1.165) is 44.3 Å². The molecule has 0 aliphatic carbocycles. The van der Waals surface area contributed by atoms with Crippen LogP contribution < -0.4 is 11.1 Å². The molecule has 1 aromatic rings. The molecule has 6 nitrogen and oxygen atoms in total. The summed E-state index contributed by atoms with van der Waals surface area (Å²) in [5.74, 6) is 0.477. The number of nitrogen functional groups attached to an aromatic ring is 1. The first-order valence-corrected chi connectivity index (χ1v) is 8.04. The number of nitrogens with one attached hydrogen (secondary N) is 1. The molecule has 2 atom stereocenters. The maximum absolute atomic E-state index is 11.3. The predicted molar refractivity (Wildman–Crippen MR) is 87.9 cm³/mol. The first-order chi connectivity index (χ1) is 10.6. The minimum atomic E-state index is -0.786. The largest absolute Gasteiger partial charge is 0.465 e. The number of piperidine rings is 1. The lowest BCUT2D eigenvalue weighted by atomic mass is 9.88. The summed E-state index contributed by atoms with van der Waals surface area (Å²) >= 11 is 0. The van der Waals surface area contributed by atoms with Crippen LogP contribution in [0.3, 0.4) is 0 Å². The maximum Gasteiger partial charge on any atom is 0.407 e. The van der Waals surface area contributed by atoms with Gasteiger partial charge in [-0.2, -0.15) is 0 Å². The third-order valence-electron chi connectivity index (χ3n) is 4.39. The van der Waals surface area contributed by atoms with Crippen LogP contribution >= 0.6 is 0 Å². The fraction of sp³-hybridized carbons (Fsp3) is 0.625. The van der Waals surface area contributed by atoms with Gasteiger partial charge in [0.1, 0.15) is 0 Å². The van der Waals surface area contributed by atoms with Crippen molar-refractivity contribution in [1.82, 2.24) is 9.88 Å². The van der Waals surface area contributed by atoms with Crippen LogP contribution in [-0.2, 0) is 0 Å². The number of nitrogens with zero attached hydrogens (tertiary/aromatic N) is 2. The zero-order valence-electron chi connectivity index (χ0n) is 13.2. The second-order valence-electron chi connectivity index (χ2n) is 6.01. The molecule has 122 valence electrons. The summed E-state index contributed by atoms with van der Waals surface area (Å²) < 4.78 is 0. The van der Waals surface area contributed by atoms with Crippen LogP contribution in [0.2, 0.25) is 0 Å². The Hall–Kier alpha value is -1.98. The summed E-state index contributed by atoms with van der Waals surface area (Å²) in [7, 11) is 0. The minimum Gasteiger partial charge on any atom is -0.465 e. The fourth-order valence-electron chi connectivity index (χ4n) is 3.11. The van der Waals surface area contributed by atoms with Gasteiger partial charge in [-0.3, -0.25) is 4.98 Å². The molecule has 1 amide bonds. The van der Waals surface area contributed by atoms with Crippen LogP contribution in [-0.4, -0.2) is 40.2 Å². The second kappa shape index (κ2) is 7.87. The SMILES string of the molecule is CCCCC1CC(CNc2ccncc2N)CCN1C(=O)O. The number of anilines is 2. The van der Waals surface area contributed by atoms with Gasteiger partial charge in [0.2, 0.25) is 0 Å². The summed E-state index contributed by atoms with van der Waals surface area (Å²) in [6.07, 6.45) is 7.51. The second-order valence-corrected chi connectivity index (χ2v) is 6.01. The van der Waals surface area contributed by atoms with E-state index in [-0.39, 0.29) is 6.04 Å². The third kappa shape index (κ3) is 4.26. The molecule has 6 heteroatoms. The highest BCUT2D eigenvalue weighted by molar-refractivity contribution is 5.65. The molecule has 1 aromatic heterocycles. The molecular formula is C16H26N4O2. The minimum absolute atomic E-state index is 0.146. The summed E-state index contributed by atoms with van der Waals surface area (Å²) in [6, 6.07) is 2.02. The average Bonchev–Trinajstić information content (AvgIpc) is 2.52. The van der Waals surface area contributed by atoms with E-state index in [4.69, 9.17) is 5.73 Å². The topological polar surface area (TPSA) is 91.5 Å². The number of unbranched alkanes of at least 4 members (excludes halogenated alkanes) is 1. The number of hydrogen-bond donors (Lipinski definition) is 3. The summed E-state index contributed by atoms with van der Waals surface area (Å²) in [4.78, 5) is 16.9. The van der Waals surface area contributed by atoms with Gasteiger partial charge < -0.3 is 21.1 Å². The molecule has 1 aliphatic rings. The molecule has 2 rings (SSSR count). The van der Waals surface area contributed by atoms with Gasteiger partial charge >= 0.3 is 6.09 Å². The number of aromatic nitrogens is 1. The number of hydrogen-bond acceptors (Lipinski definition) is 4. The number of amides is 1. The van der Waals surface area contributed by atoms with E-state index in [9.17, 15) is 9.90 Å². The van der Waals surface area contributed by atoms with E-state index < -0.39 is 6.09 Å². The summed E-state index contributed by atoms with van der Waals surface area (Å²) in [5, 5.41) is 12.7. The molecule has 1 saturated heterocycles. The van der Waals surface area contributed by atoms with E-state index in [1.54, 1.807) is 17.3 Å². The van der Waals surface area contributed by atoms with E-state index in [1.165, 1.54) is 0 Å². The van der Waals surface area contributed by atoms with E-state index >= 15 is 0 Å². The number of rotatable bonds is 6. The van der Waals surface area contributed by atoms with Gasteiger partial charge in [0.25, 0.3) is 0 Å². The Morgan fingerprint density at radius 3 is 3.09 bits per heavy atom. The molecule has 2 unspecified atom stereocenters. The van der Waals surface area contributed by atoms with Gasteiger partial charge in [0.05, 0.1) is 17.6 Å². The highest BCUT2D eigenvalue weighted by Gasteiger charge is 2.30. The lowest BCUT2D eigenvalue weighted by Gasteiger charge is -2.38. The average molecular weight is 306 g/mol. The molecular weight excluding hydrogens is 280 g/mol. The lowest BCUT2D eigenvalue weighted by molar-refractivity contribution is 0.0874. The molecule has 22 heavy (non-hydrogen) atoms. The van der Waals surface area contributed by atoms with Crippen LogP contribution in [0.15, 0.2) is 18.5 Å². The number of carboxylic acid groups (broad SMARTS) is 1. The molecule has 2 heterocycles. The summed E-state index contributed by atoms with van der Waals surface area (Å²) in [5.41, 5.74) is 7.43. The Labute approximate surface area is 131 Å². The smallest absolute Gasteiger partial charge is 0.407 e. The summed E-state index contributed by atoms with van der Waals surface area (Å²) in [6.45, 7) is 3.59. The van der Waals surface area contributed by atoms with Gasteiger partial charge in [-0.1, -0.05) is 19.8 Å². The van der Waals surface area contributed by atoms with Crippen molar-refractivity contribution in [2.24, 2.45) is 5.92 Å². The van der Waals surface area contributed by atoms with Gasteiger partial charge in [0.15, 0.2) is 0 Å². The van der Waals surface area contributed by atoms with Gasteiger partial charge in [0, 0.05) is 25.3 Å².